The third kappa shape index (κ3) is 5.78. The Labute approximate surface area is 184 Å². The molecule has 0 spiro atoms. The zero-order valence-corrected chi connectivity index (χ0v) is 17.3. The molecular formula is C24H23F2N3O3. The number of halogens is 2. The molecule has 6 nitrogen and oxygen atoms in total. The highest BCUT2D eigenvalue weighted by molar-refractivity contribution is 5.88. The number of benzene rings is 2. The molecule has 1 aliphatic rings. The van der Waals surface area contributed by atoms with E-state index in [0.717, 1.165) is 30.5 Å². The van der Waals surface area contributed by atoms with Crippen molar-refractivity contribution in [1.82, 2.24) is 15.6 Å². The van der Waals surface area contributed by atoms with Crippen LogP contribution >= 0.6 is 0 Å². The Morgan fingerprint density at radius 1 is 1.12 bits per heavy atom. The zero-order chi connectivity index (χ0) is 22.5. The third-order valence-corrected chi connectivity index (χ3v) is 5.17. The maximum absolute atomic E-state index is 13.9. The molecule has 3 aromatic rings. The van der Waals surface area contributed by atoms with Crippen LogP contribution in [0.5, 0.6) is 0 Å². The minimum absolute atomic E-state index is 0.0495. The Bertz CT molecular complexity index is 1100. The molecule has 1 aromatic heterocycles. The van der Waals surface area contributed by atoms with Crippen molar-refractivity contribution in [2.45, 2.75) is 44.2 Å². The van der Waals surface area contributed by atoms with Gasteiger partial charge in [0.2, 0.25) is 11.8 Å². The first kappa shape index (κ1) is 21.7. The van der Waals surface area contributed by atoms with Crippen molar-refractivity contribution < 1.29 is 22.8 Å². The van der Waals surface area contributed by atoms with Crippen LogP contribution in [0.2, 0.25) is 0 Å². The molecule has 32 heavy (non-hydrogen) atoms. The van der Waals surface area contributed by atoms with Crippen LogP contribution in [0.3, 0.4) is 0 Å². The summed E-state index contributed by atoms with van der Waals surface area (Å²) < 4.78 is 32.5. The van der Waals surface area contributed by atoms with Gasteiger partial charge in [-0.15, -0.1) is 0 Å². The summed E-state index contributed by atoms with van der Waals surface area (Å²) >= 11 is 0. The van der Waals surface area contributed by atoms with Crippen LogP contribution in [0, 0.1) is 11.6 Å². The summed E-state index contributed by atoms with van der Waals surface area (Å²) in [4.78, 5) is 29.2. The van der Waals surface area contributed by atoms with Gasteiger partial charge in [0.15, 0.2) is 11.7 Å². The topological polar surface area (TPSA) is 84.2 Å². The number of nitrogens with one attached hydrogen (secondary N) is 2. The summed E-state index contributed by atoms with van der Waals surface area (Å²) in [7, 11) is 0. The van der Waals surface area contributed by atoms with E-state index < -0.39 is 17.7 Å². The van der Waals surface area contributed by atoms with Gasteiger partial charge >= 0.3 is 0 Å². The molecule has 2 aromatic carbocycles. The molecule has 1 unspecified atom stereocenters. The lowest BCUT2D eigenvalue weighted by Gasteiger charge is -2.18. The molecule has 2 N–H and O–H groups in total. The summed E-state index contributed by atoms with van der Waals surface area (Å²) in [6.45, 7) is 0. The summed E-state index contributed by atoms with van der Waals surface area (Å²) in [5.74, 6) is -1.54. The molecule has 1 heterocycles. The van der Waals surface area contributed by atoms with Gasteiger partial charge in [-0.1, -0.05) is 30.3 Å². The number of aryl methyl sites for hydroxylation is 1. The lowest BCUT2D eigenvalue weighted by atomic mass is 10.0. The lowest BCUT2D eigenvalue weighted by Crippen LogP contribution is -2.48. The first-order valence-corrected chi connectivity index (χ1v) is 10.5. The number of nitrogens with zero attached hydrogens (tertiary/aromatic N) is 1. The van der Waals surface area contributed by atoms with Crippen molar-refractivity contribution in [1.29, 1.82) is 0 Å². The van der Waals surface area contributed by atoms with Crippen molar-refractivity contribution in [3.63, 3.8) is 0 Å². The van der Waals surface area contributed by atoms with E-state index in [1.54, 1.807) is 0 Å². The highest BCUT2D eigenvalue weighted by atomic mass is 19.1. The monoisotopic (exact) mass is 439 g/mol. The van der Waals surface area contributed by atoms with Crippen molar-refractivity contribution >= 4 is 11.8 Å². The fraction of sp³-hybridized carbons (Fsp3) is 0.292. The zero-order valence-electron chi connectivity index (χ0n) is 17.3. The number of hydrogen-bond acceptors (Lipinski definition) is 4. The fourth-order valence-corrected chi connectivity index (χ4v) is 3.32. The average molecular weight is 439 g/mol. The first-order chi connectivity index (χ1) is 15.5. The third-order valence-electron chi connectivity index (χ3n) is 5.17. The van der Waals surface area contributed by atoms with Crippen LogP contribution in [-0.4, -0.2) is 28.9 Å². The average Bonchev–Trinajstić information content (AvgIpc) is 3.46. The van der Waals surface area contributed by atoms with E-state index in [-0.39, 0.29) is 47.9 Å². The standard InChI is InChI=1S/C24H23F2N3O3/c25-16-6-9-18(19(26)13-16)21-14-27-23(32-21)11-10-22(30)29-20(24(31)28-17-7-8-17)12-15-4-2-1-3-5-15/h1-6,9,13-14,17,20H,7-8,10-12H2,(H,28,31)(H,29,30). The van der Waals surface area contributed by atoms with E-state index in [2.05, 4.69) is 15.6 Å². The molecule has 0 bridgehead atoms. The van der Waals surface area contributed by atoms with Crippen LogP contribution in [0.25, 0.3) is 11.3 Å². The van der Waals surface area contributed by atoms with Crippen molar-refractivity contribution in [3.8, 4) is 11.3 Å². The van der Waals surface area contributed by atoms with Gasteiger partial charge in [-0.3, -0.25) is 9.59 Å². The number of hydrogen-bond donors (Lipinski definition) is 2. The Morgan fingerprint density at radius 3 is 2.62 bits per heavy atom. The van der Waals surface area contributed by atoms with E-state index in [4.69, 9.17) is 4.42 Å². The molecule has 4 rings (SSSR count). The van der Waals surface area contributed by atoms with Gasteiger partial charge in [-0.05, 0) is 30.5 Å². The summed E-state index contributed by atoms with van der Waals surface area (Å²) in [6.07, 6.45) is 3.87. The first-order valence-electron chi connectivity index (χ1n) is 10.5. The number of aromatic nitrogens is 1. The van der Waals surface area contributed by atoms with Crippen LogP contribution in [0.4, 0.5) is 8.78 Å². The van der Waals surface area contributed by atoms with Crippen LogP contribution in [-0.2, 0) is 22.4 Å². The summed E-state index contributed by atoms with van der Waals surface area (Å²) in [5.41, 5.74) is 1.04. The Balaban J connectivity index is 1.35. The number of rotatable bonds is 9. The van der Waals surface area contributed by atoms with Gasteiger partial charge in [0.1, 0.15) is 17.7 Å². The highest BCUT2D eigenvalue weighted by Crippen LogP contribution is 2.24. The van der Waals surface area contributed by atoms with Gasteiger partial charge in [0.05, 0.1) is 11.8 Å². The number of carbonyl (C=O) groups excluding carboxylic acids is 2. The molecule has 0 saturated heterocycles. The Morgan fingerprint density at radius 2 is 1.91 bits per heavy atom. The smallest absolute Gasteiger partial charge is 0.243 e. The van der Waals surface area contributed by atoms with Gasteiger partial charge in [0, 0.05) is 31.4 Å². The van der Waals surface area contributed by atoms with Crippen molar-refractivity contribution in [2.75, 3.05) is 0 Å². The van der Waals surface area contributed by atoms with Crippen molar-refractivity contribution in [2.24, 2.45) is 0 Å². The normalized spacial score (nSPS) is 14.1. The van der Waals surface area contributed by atoms with E-state index in [0.29, 0.717) is 6.42 Å². The van der Waals surface area contributed by atoms with E-state index in [1.807, 2.05) is 30.3 Å². The predicted octanol–water partition coefficient (Wildman–Crippen LogP) is 3.56. The Hall–Kier alpha value is -3.55. The molecular weight excluding hydrogens is 416 g/mol. The largest absolute Gasteiger partial charge is 0.441 e. The van der Waals surface area contributed by atoms with Crippen molar-refractivity contribution in [3.05, 3.63) is 77.8 Å². The minimum atomic E-state index is -0.754. The van der Waals surface area contributed by atoms with Gasteiger partial charge in [0.25, 0.3) is 0 Å². The fourth-order valence-electron chi connectivity index (χ4n) is 3.32. The molecule has 1 fully saturated rings. The lowest BCUT2D eigenvalue weighted by molar-refractivity contribution is -0.129. The molecule has 8 heteroatoms. The van der Waals surface area contributed by atoms with E-state index in [1.165, 1.54) is 12.3 Å². The quantitative estimate of drug-likeness (QED) is 0.534. The molecule has 0 radical (unpaired) electrons. The maximum Gasteiger partial charge on any atom is 0.243 e. The molecule has 2 amide bonds. The molecule has 0 aliphatic heterocycles. The number of carbonyl (C=O) groups is 2. The van der Waals surface area contributed by atoms with Crippen LogP contribution in [0.1, 0.15) is 30.7 Å². The second kappa shape index (κ2) is 9.72. The van der Waals surface area contributed by atoms with E-state index in [9.17, 15) is 18.4 Å². The minimum Gasteiger partial charge on any atom is -0.441 e. The van der Waals surface area contributed by atoms with E-state index >= 15 is 0 Å². The van der Waals surface area contributed by atoms with Crippen LogP contribution in [0.15, 0.2) is 59.1 Å². The van der Waals surface area contributed by atoms with Gasteiger partial charge in [-0.25, -0.2) is 13.8 Å². The number of amides is 2. The highest BCUT2D eigenvalue weighted by Gasteiger charge is 2.28. The molecule has 166 valence electrons. The van der Waals surface area contributed by atoms with Gasteiger partial charge in [-0.2, -0.15) is 0 Å². The maximum atomic E-state index is 13.9. The Kier molecular flexibility index (Phi) is 6.58. The second-order valence-electron chi connectivity index (χ2n) is 7.84. The number of oxazole rings is 1. The predicted molar refractivity (Wildman–Crippen MR) is 113 cm³/mol. The summed E-state index contributed by atoms with van der Waals surface area (Å²) in [6, 6.07) is 12.2. The molecule has 1 aliphatic carbocycles. The van der Waals surface area contributed by atoms with Crippen LogP contribution < -0.4 is 10.6 Å². The molecule has 1 atom stereocenters. The molecule has 1 saturated carbocycles. The van der Waals surface area contributed by atoms with Gasteiger partial charge < -0.3 is 15.1 Å². The summed E-state index contributed by atoms with van der Waals surface area (Å²) in [5, 5.41) is 5.74. The second-order valence-corrected chi connectivity index (χ2v) is 7.84. The SMILES string of the molecule is O=C(CCc1ncc(-c2ccc(F)cc2F)o1)NC(Cc1ccccc1)C(=O)NC1CC1.